The average molecular weight is 1540 g/mol. The molecule has 19 aromatic rings. The molecule has 5 heteroatoms. The number of rotatable bonds is 4. The minimum absolute atomic E-state index is 0.500. The Morgan fingerprint density at radius 3 is 0.675 bits per heavy atom. The van der Waals surface area contributed by atoms with E-state index in [4.69, 9.17) is 5.26 Å². The number of nitriles is 1. The lowest BCUT2D eigenvalue weighted by atomic mass is 10.0. The highest BCUT2D eigenvalue weighted by atomic mass is 15.0. The van der Waals surface area contributed by atoms with Gasteiger partial charge in [0.25, 0.3) is 0 Å². The number of benzene rings is 15. The number of nitrogens with zero attached hydrogens (tertiary/aromatic N) is 5. The molecule has 0 saturated carbocycles. The topological polar surface area (TPSA) is 43.5 Å². The second kappa shape index (κ2) is 39.2. The van der Waals surface area contributed by atoms with Gasteiger partial charge in [-0.1, -0.05) is 405 Å². The molecule has 0 bridgehead atoms. The average Bonchev–Trinajstić information content (AvgIpc) is 1.61. The summed E-state index contributed by atoms with van der Waals surface area (Å²) in [4.78, 5) is 0. The van der Waals surface area contributed by atoms with Gasteiger partial charge in [-0.15, -0.1) is 0 Å². The van der Waals surface area contributed by atoms with Crippen LogP contribution in [0.15, 0.2) is 370 Å². The third kappa shape index (κ3) is 25.0. The maximum atomic E-state index is 8.29. The van der Waals surface area contributed by atoms with E-state index in [9.17, 15) is 0 Å². The molecular formula is C112H121N5. The summed E-state index contributed by atoms with van der Waals surface area (Å²) in [6.45, 7) is 43.8. The van der Waals surface area contributed by atoms with Crippen LogP contribution in [-0.2, 0) is 0 Å². The largest absolute Gasteiger partial charge is 0.309 e. The Labute approximate surface area is 697 Å². The van der Waals surface area contributed by atoms with E-state index < -0.39 is 0 Å². The fourth-order valence-electron chi connectivity index (χ4n) is 13.2. The molecule has 5 nitrogen and oxygen atoms in total. The van der Waals surface area contributed by atoms with Gasteiger partial charge in [-0.2, -0.15) is 5.26 Å². The van der Waals surface area contributed by atoms with Gasteiger partial charge in [-0.25, -0.2) is 0 Å². The van der Waals surface area contributed by atoms with Gasteiger partial charge in [0.1, 0.15) is 0 Å². The maximum Gasteiger partial charge on any atom is 0.0991 e. The van der Waals surface area contributed by atoms with Gasteiger partial charge in [-0.05, 0) is 146 Å². The van der Waals surface area contributed by atoms with E-state index in [0.29, 0.717) is 32.6 Å². The molecule has 0 saturated heterocycles. The maximum absolute atomic E-state index is 8.29. The number of fused-ring (bicyclic) bond motifs is 14. The molecule has 0 amide bonds. The van der Waals surface area contributed by atoms with Gasteiger partial charge in [0.2, 0.25) is 0 Å². The van der Waals surface area contributed by atoms with Crippen LogP contribution in [0.2, 0.25) is 0 Å². The van der Waals surface area contributed by atoms with E-state index in [2.05, 4.69) is 496 Å². The second-order valence-corrected chi connectivity index (χ2v) is 37.7. The molecule has 4 aromatic heterocycles. The number of hydrogen-bond donors (Lipinski definition) is 0. The molecule has 15 aromatic carbocycles. The summed E-state index contributed by atoms with van der Waals surface area (Å²) in [5, 5.41) is 23.8. The van der Waals surface area contributed by atoms with Crippen LogP contribution in [0.25, 0.3) is 132 Å². The quantitative estimate of drug-likeness (QED) is 0.173. The minimum Gasteiger partial charge on any atom is -0.309 e. The molecule has 0 aliphatic carbocycles. The van der Waals surface area contributed by atoms with Crippen molar-refractivity contribution in [3.8, 4) is 28.8 Å². The lowest BCUT2D eigenvalue weighted by Gasteiger charge is -2.11. The summed E-state index contributed by atoms with van der Waals surface area (Å²) >= 11 is 0. The van der Waals surface area contributed by atoms with Crippen molar-refractivity contribution in [1.29, 1.82) is 5.26 Å². The van der Waals surface area contributed by atoms with Crippen molar-refractivity contribution in [3.63, 3.8) is 0 Å². The van der Waals surface area contributed by atoms with Crippen LogP contribution in [0.4, 0.5) is 0 Å². The molecular weight excluding hydrogens is 1420 g/mol. The fourth-order valence-corrected chi connectivity index (χ4v) is 13.2. The van der Waals surface area contributed by atoms with Gasteiger partial charge >= 0.3 is 0 Å². The van der Waals surface area contributed by atoms with Crippen molar-refractivity contribution in [2.75, 3.05) is 0 Å². The molecule has 0 atom stereocenters. The summed E-state index contributed by atoms with van der Waals surface area (Å²) in [5.74, 6) is 0. The Morgan fingerprint density at radius 2 is 0.393 bits per heavy atom. The van der Waals surface area contributed by atoms with Gasteiger partial charge in [0.15, 0.2) is 0 Å². The standard InChI is InChI=1S/2C22H15N.2C18H13N.C7H5N.5C5H12/c1-2-10-17-16(8-1)9-7-15-20(17)23-21-13-5-3-11-18(21)19-12-4-6-14-22(19)23;1-2-8-17-15-18(14-13-16(17)7-1)23-21-11-5-3-9-19(21)20-10-4-6-12-22(20)23;2*1-2-8-14(9-3-1)19-17-12-6-4-10-15(17)16-11-5-7-13-18(16)19;8-6-7-4-2-1-3-5-7;5*1-5(2,3)4/h2*1-15H;2*1-13H;1-5H;5*1-4H3. The highest BCUT2D eigenvalue weighted by Crippen LogP contribution is 2.38. The van der Waals surface area contributed by atoms with Crippen LogP contribution >= 0.6 is 0 Å². The van der Waals surface area contributed by atoms with Gasteiger partial charge in [-0.3, -0.25) is 0 Å². The Kier molecular flexibility index (Phi) is 29.1. The third-order valence-electron chi connectivity index (χ3n) is 17.3. The van der Waals surface area contributed by atoms with Crippen LogP contribution in [0.5, 0.6) is 0 Å². The summed E-state index contributed by atoms with van der Waals surface area (Å²) in [6, 6.07) is 131. The molecule has 0 spiro atoms. The van der Waals surface area contributed by atoms with Gasteiger partial charge < -0.3 is 18.3 Å². The summed E-state index contributed by atoms with van der Waals surface area (Å²) < 4.78 is 9.39. The first-order valence-corrected chi connectivity index (χ1v) is 41.1. The Bertz CT molecular complexity index is 5930. The molecule has 19 rings (SSSR count). The van der Waals surface area contributed by atoms with Crippen molar-refractivity contribution >= 4 is 109 Å². The first kappa shape index (κ1) is 86.9. The van der Waals surface area contributed by atoms with Crippen molar-refractivity contribution in [2.24, 2.45) is 27.1 Å². The number of para-hydroxylation sites is 10. The molecule has 0 unspecified atom stereocenters. The Hall–Kier alpha value is -12.5. The predicted octanol–water partition coefficient (Wildman–Crippen LogP) is 33.3. The highest BCUT2D eigenvalue weighted by molar-refractivity contribution is 6.13. The van der Waals surface area contributed by atoms with E-state index in [0.717, 1.165) is 0 Å². The second-order valence-electron chi connectivity index (χ2n) is 37.7. The van der Waals surface area contributed by atoms with Gasteiger partial charge in [0.05, 0.1) is 61.5 Å². The molecule has 0 aliphatic heterocycles. The zero-order chi connectivity index (χ0) is 84.1. The van der Waals surface area contributed by atoms with Crippen LogP contribution in [-0.4, -0.2) is 18.3 Å². The number of hydrogen-bond acceptors (Lipinski definition) is 1. The third-order valence-corrected chi connectivity index (χ3v) is 17.3. The van der Waals surface area contributed by atoms with Crippen molar-refractivity contribution < 1.29 is 0 Å². The summed E-state index contributed by atoms with van der Waals surface area (Å²) in [5.41, 5.74) is 18.1. The fraction of sp³-hybridized carbons (Fsp3) is 0.223. The molecule has 594 valence electrons. The molecule has 0 N–H and O–H groups in total. The SMILES string of the molecule is CC(C)(C)C.CC(C)(C)C.CC(C)(C)C.CC(C)(C)C.CC(C)(C)C.N#Cc1ccccc1.c1ccc(-n2c3ccccc3c3ccccc32)cc1.c1ccc(-n2c3ccccc3c3ccccc32)cc1.c1ccc2c(-n3c4ccccc4c4ccccc43)cccc2c1.c1ccc2cc(-n3c4ccccc4c4ccccc43)ccc2c1. The van der Waals surface area contributed by atoms with Crippen LogP contribution in [0.3, 0.4) is 0 Å². The minimum atomic E-state index is 0.500. The van der Waals surface area contributed by atoms with Gasteiger partial charge in [0, 0.05) is 65.5 Å². The molecule has 0 fully saturated rings. The van der Waals surface area contributed by atoms with Crippen LogP contribution in [0, 0.1) is 38.4 Å². The lowest BCUT2D eigenvalue weighted by Crippen LogP contribution is -1.94. The van der Waals surface area contributed by atoms with E-state index in [-0.39, 0.29) is 0 Å². The predicted molar refractivity (Wildman–Crippen MR) is 515 cm³/mol. The van der Waals surface area contributed by atoms with E-state index in [1.165, 1.54) is 132 Å². The molecule has 117 heavy (non-hydrogen) atoms. The van der Waals surface area contributed by atoms with Crippen LogP contribution < -0.4 is 0 Å². The van der Waals surface area contributed by atoms with Crippen molar-refractivity contribution in [1.82, 2.24) is 18.3 Å². The zero-order valence-corrected chi connectivity index (χ0v) is 73.0. The summed E-state index contributed by atoms with van der Waals surface area (Å²) in [6.07, 6.45) is 0. The molecule has 0 aliphatic rings. The number of aromatic nitrogens is 4. The summed E-state index contributed by atoms with van der Waals surface area (Å²) in [7, 11) is 0. The normalized spacial score (nSPS) is 11.2. The van der Waals surface area contributed by atoms with E-state index in [1.54, 1.807) is 12.1 Å². The van der Waals surface area contributed by atoms with E-state index >= 15 is 0 Å². The Morgan fingerprint density at radius 1 is 0.179 bits per heavy atom. The van der Waals surface area contributed by atoms with Crippen molar-refractivity contribution in [2.45, 2.75) is 138 Å². The van der Waals surface area contributed by atoms with Crippen LogP contribution in [0.1, 0.15) is 144 Å². The smallest absolute Gasteiger partial charge is 0.0991 e. The van der Waals surface area contributed by atoms with E-state index in [1.807, 2.05) is 24.3 Å². The Balaban J connectivity index is 0.000000146. The molecule has 4 heterocycles. The highest BCUT2D eigenvalue weighted by Gasteiger charge is 2.17. The monoisotopic (exact) mass is 1540 g/mol. The first-order valence-electron chi connectivity index (χ1n) is 41.1. The first-order chi connectivity index (χ1) is 55.7. The van der Waals surface area contributed by atoms with Crippen molar-refractivity contribution in [3.05, 3.63) is 376 Å². The zero-order valence-electron chi connectivity index (χ0n) is 73.0. The molecule has 0 radical (unpaired) electrons. The lowest BCUT2D eigenvalue weighted by molar-refractivity contribution is 0.469.